The third-order valence-electron chi connectivity index (χ3n) is 7.79. The van der Waals surface area contributed by atoms with E-state index in [2.05, 4.69) is 50.4 Å². The summed E-state index contributed by atoms with van der Waals surface area (Å²) in [6, 6.07) is 13.7. The lowest BCUT2D eigenvalue weighted by Gasteiger charge is -2.36. The van der Waals surface area contributed by atoms with Gasteiger partial charge in [-0.2, -0.15) is 0 Å². The number of hydrogen-bond acceptors (Lipinski definition) is 8. The largest absolute Gasteiger partial charge is 0.492 e. The van der Waals surface area contributed by atoms with Crippen LogP contribution >= 0.6 is 11.6 Å². The Bertz CT molecular complexity index is 1110. The zero-order valence-corrected chi connectivity index (χ0v) is 23.8. The summed E-state index contributed by atoms with van der Waals surface area (Å²) >= 11 is 6.32. The molecule has 2 fully saturated rings. The number of nitrogens with one attached hydrogen (secondary N) is 5. The fraction of sp³-hybridized carbons (Fsp3) is 0.552. The van der Waals surface area contributed by atoms with E-state index in [1.165, 1.54) is 0 Å². The van der Waals surface area contributed by atoms with Crippen LogP contribution in [0.5, 0.6) is 5.75 Å². The first-order valence-corrected chi connectivity index (χ1v) is 14.8. The van der Waals surface area contributed by atoms with Crippen LogP contribution in [0.15, 0.2) is 42.5 Å². The number of halogens is 1. The molecule has 212 valence electrons. The van der Waals surface area contributed by atoms with E-state index in [4.69, 9.17) is 16.3 Å². The molecule has 5 rings (SSSR count). The molecule has 5 N–H and O–H groups in total. The number of carbonyl (C=O) groups excluding carboxylic acids is 1. The number of fused-ring (bicyclic) bond motifs is 1. The van der Waals surface area contributed by atoms with Crippen molar-refractivity contribution in [2.24, 2.45) is 0 Å². The van der Waals surface area contributed by atoms with Crippen LogP contribution in [0, 0.1) is 0 Å². The number of carbonyl (C=O) groups is 1. The molecule has 9 nitrogen and oxygen atoms in total. The molecule has 10 heteroatoms. The van der Waals surface area contributed by atoms with Gasteiger partial charge >= 0.3 is 0 Å². The molecular formula is C29H42ClN7O2. The Morgan fingerprint density at radius 1 is 1.13 bits per heavy atom. The highest BCUT2D eigenvalue weighted by atomic mass is 35.5. The van der Waals surface area contributed by atoms with Crippen LogP contribution in [-0.2, 0) is 0 Å². The molecule has 39 heavy (non-hydrogen) atoms. The Hall–Kier alpha value is -2.40. The normalized spacial score (nSPS) is 25.6. The summed E-state index contributed by atoms with van der Waals surface area (Å²) < 4.78 is 5.76. The van der Waals surface area contributed by atoms with Crippen LogP contribution in [0.25, 0.3) is 0 Å². The number of hydrogen-bond donors (Lipinski definition) is 5. The maximum Gasteiger partial charge on any atom is 0.251 e. The molecule has 2 saturated heterocycles. The maximum absolute atomic E-state index is 13.3. The maximum atomic E-state index is 13.3. The Balaban J connectivity index is 1.26. The number of rotatable bonds is 10. The van der Waals surface area contributed by atoms with Gasteiger partial charge in [0.05, 0.1) is 30.0 Å². The number of para-hydroxylation sites is 1. The van der Waals surface area contributed by atoms with Gasteiger partial charge in [0.15, 0.2) is 0 Å². The van der Waals surface area contributed by atoms with Gasteiger partial charge < -0.3 is 20.7 Å². The van der Waals surface area contributed by atoms with Crippen LogP contribution in [0.4, 0.5) is 5.69 Å². The summed E-state index contributed by atoms with van der Waals surface area (Å²) in [6.07, 6.45) is 4.45. The monoisotopic (exact) mass is 555 g/mol. The van der Waals surface area contributed by atoms with Crippen molar-refractivity contribution in [2.75, 3.05) is 44.8 Å². The first kappa shape index (κ1) is 28.1. The third-order valence-corrected chi connectivity index (χ3v) is 8.09. The Morgan fingerprint density at radius 3 is 2.77 bits per heavy atom. The summed E-state index contributed by atoms with van der Waals surface area (Å²) in [4.78, 5) is 15.9. The van der Waals surface area contributed by atoms with E-state index >= 15 is 0 Å². The number of benzene rings is 2. The average Bonchev–Trinajstić information content (AvgIpc) is 3.30. The third kappa shape index (κ3) is 6.51. The van der Waals surface area contributed by atoms with Crippen molar-refractivity contribution in [3.05, 3.63) is 58.6 Å². The number of anilines is 1. The zero-order chi connectivity index (χ0) is 27.2. The standard InChI is InChI=1S/C29H42ClN7O2/c1-3-14-36-26(37(15-4-2)35-28(36)25-11-13-31-19-33-25)18-32-21-8-5-7-20(17-21)29(38)34-24-12-16-39-27-22(24)9-6-10-23(27)30/h5-10,17,24-26,28,31-33,35H,3-4,11-16,18-19H2,1-2H3,(H,34,38)/t24-,25?,26?,28?/m1/s1. The van der Waals surface area contributed by atoms with E-state index in [1.54, 1.807) is 0 Å². The summed E-state index contributed by atoms with van der Waals surface area (Å²) in [5.74, 6) is 0.568. The number of hydrazine groups is 1. The summed E-state index contributed by atoms with van der Waals surface area (Å²) in [7, 11) is 0. The lowest BCUT2D eigenvalue weighted by Crippen LogP contribution is -2.58. The number of amides is 1. The zero-order valence-electron chi connectivity index (χ0n) is 23.0. The minimum Gasteiger partial charge on any atom is -0.492 e. The highest BCUT2D eigenvalue weighted by Gasteiger charge is 2.42. The van der Waals surface area contributed by atoms with E-state index < -0.39 is 0 Å². The summed E-state index contributed by atoms with van der Waals surface area (Å²) in [5, 5.41) is 16.8. The molecule has 3 aliphatic heterocycles. The van der Waals surface area contributed by atoms with Crippen LogP contribution in [0.2, 0.25) is 5.02 Å². The second-order valence-electron chi connectivity index (χ2n) is 10.5. The Kier molecular flexibility index (Phi) is 9.60. The molecule has 0 radical (unpaired) electrons. The minimum atomic E-state index is -0.133. The van der Waals surface area contributed by atoms with Crippen LogP contribution in [-0.4, -0.2) is 73.6 Å². The molecule has 0 aromatic heterocycles. The fourth-order valence-electron chi connectivity index (χ4n) is 5.92. The first-order chi connectivity index (χ1) is 19.1. The summed E-state index contributed by atoms with van der Waals surface area (Å²) in [6.45, 7) is 9.63. The lowest BCUT2D eigenvalue weighted by molar-refractivity contribution is 0.0925. The molecular weight excluding hydrogens is 514 g/mol. The van der Waals surface area contributed by atoms with Crippen molar-refractivity contribution in [1.82, 2.24) is 31.3 Å². The molecule has 0 aliphatic carbocycles. The van der Waals surface area contributed by atoms with E-state index in [0.29, 0.717) is 35.4 Å². The van der Waals surface area contributed by atoms with Gasteiger partial charge in [0.2, 0.25) is 0 Å². The van der Waals surface area contributed by atoms with E-state index in [9.17, 15) is 4.79 Å². The first-order valence-electron chi connectivity index (χ1n) is 14.4. The average molecular weight is 556 g/mol. The molecule has 3 aliphatic rings. The molecule has 2 aromatic rings. The number of ether oxygens (including phenoxy) is 1. The molecule has 1 amide bonds. The molecule has 4 atom stereocenters. The van der Waals surface area contributed by atoms with Gasteiger partial charge in [-0.1, -0.05) is 43.6 Å². The van der Waals surface area contributed by atoms with E-state index in [0.717, 1.165) is 63.4 Å². The predicted molar refractivity (Wildman–Crippen MR) is 156 cm³/mol. The topological polar surface area (TPSA) is 92.9 Å². The second kappa shape index (κ2) is 13.3. The molecule has 0 saturated carbocycles. The smallest absolute Gasteiger partial charge is 0.251 e. The van der Waals surface area contributed by atoms with Gasteiger partial charge in [0, 0.05) is 55.6 Å². The molecule has 0 bridgehead atoms. The SMILES string of the molecule is CCCN1NC(C2CCNCN2)N(CCC)C1CNc1cccc(C(=O)N[C@@H]2CCOc3c(Cl)cccc32)c1. The van der Waals surface area contributed by atoms with Gasteiger partial charge in [-0.05, 0) is 50.1 Å². The lowest BCUT2D eigenvalue weighted by atomic mass is 10.00. The van der Waals surface area contributed by atoms with E-state index in [1.807, 2.05) is 42.5 Å². The van der Waals surface area contributed by atoms with Gasteiger partial charge in [0.25, 0.3) is 5.91 Å². The minimum absolute atomic E-state index is 0.101. The quantitative estimate of drug-likeness (QED) is 0.304. The van der Waals surface area contributed by atoms with Crippen molar-refractivity contribution in [3.63, 3.8) is 0 Å². The van der Waals surface area contributed by atoms with Gasteiger partial charge in [-0.25, -0.2) is 10.4 Å². The number of nitrogens with zero attached hydrogens (tertiary/aromatic N) is 2. The molecule has 3 heterocycles. The van der Waals surface area contributed by atoms with E-state index in [-0.39, 0.29) is 24.3 Å². The van der Waals surface area contributed by atoms with Crippen molar-refractivity contribution < 1.29 is 9.53 Å². The van der Waals surface area contributed by atoms with Crippen molar-refractivity contribution >= 4 is 23.2 Å². The molecule has 3 unspecified atom stereocenters. The predicted octanol–water partition coefficient (Wildman–Crippen LogP) is 3.51. The van der Waals surface area contributed by atoms with Gasteiger partial charge in [-0.15, -0.1) is 0 Å². The highest BCUT2D eigenvalue weighted by molar-refractivity contribution is 6.32. The second-order valence-corrected chi connectivity index (χ2v) is 11.0. The van der Waals surface area contributed by atoms with Crippen molar-refractivity contribution in [2.45, 2.75) is 63.9 Å². The van der Waals surface area contributed by atoms with Crippen LogP contribution < -0.4 is 31.4 Å². The summed E-state index contributed by atoms with van der Waals surface area (Å²) in [5.41, 5.74) is 6.31. The molecule has 0 spiro atoms. The van der Waals surface area contributed by atoms with Gasteiger partial charge in [-0.3, -0.25) is 15.0 Å². The molecule has 2 aromatic carbocycles. The van der Waals surface area contributed by atoms with Crippen molar-refractivity contribution in [1.29, 1.82) is 0 Å². The Labute approximate surface area is 236 Å². The van der Waals surface area contributed by atoms with Gasteiger partial charge in [0.1, 0.15) is 5.75 Å². The highest BCUT2D eigenvalue weighted by Crippen LogP contribution is 2.37. The van der Waals surface area contributed by atoms with Crippen LogP contribution in [0.3, 0.4) is 0 Å². The fourth-order valence-corrected chi connectivity index (χ4v) is 6.16. The van der Waals surface area contributed by atoms with Crippen LogP contribution in [0.1, 0.15) is 61.5 Å². The van der Waals surface area contributed by atoms with Crippen molar-refractivity contribution in [3.8, 4) is 5.75 Å². The Morgan fingerprint density at radius 2 is 1.97 bits per heavy atom.